The molecule has 1 aliphatic rings. The van der Waals surface area contributed by atoms with Gasteiger partial charge < -0.3 is 15.2 Å². The summed E-state index contributed by atoms with van der Waals surface area (Å²) in [5.41, 5.74) is 1.65. The second-order valence-electron chi connectivity index (χ2n) is 5.58. The van der Waals surface area contributed by atoms with Gasteiger partial charge in [-0.2, -0.15) is 0 Å². The number of hydrogen-bond acceptors (Lipinski definition) is 4. The van der Waals surface area contributed by atoms with E-state index in [9.17, 15) is 5.11 Å². The van der Waals surface area contributed by atoms with Gasteiger partial charge in [-0.05, 0) is 44.9 Å². The second kappa shape index (κ2) is 8.22. The monoisotopic (exact) mass is 278 g/mol. The van der Waals surface area contributed by atoms with Gasteiger partial charge in [0.05, 0.1) is 11.8 Å². The summed E-state index contributed by atoms with van der Waals surface area (Å²) in [6.07, 6.45) is 7.97. The average molecular weight is 278 g/mol. The van der Waals surface area contributed by atoms with Crippen molar-refractivity contribution in [1.29, 1.82) is 0 Å². The van der Waals surface area contributed by atoms with Crippen molar-refractivity contribution in [2.45, 2.75) is 58.1 Å². The first-order chi connectivity index (χ1) is 9.75. The van der Waals surface area contributed by atoms with Crippen LogP contribution >= 0.6 is 0 Å². The van der Waals surface area contributed by atoms with E-state index in [2.05, 4.69) is 10.3 Å². The molecule has 4 nitrogen and oxygen atoms in total. The first-order valence-electron chi connectivity index (χ1n) is 7.73. The van der Waals surface area contributed by atoms with E-state index in [4.69, 9.17) is 4.74 Å². The summed E-state index contributed by atoms with van der Waals surface area (Å²) in [6.45, 7) is 4.25. The lowest BCUT2D eigenvalue weighted by molar-refractivity contribution is 0.0273. The van der Waals surface area contributed by atoms with Crippen molar-refractivity contribution in [2.75, 3.05) is 13.2 Å². The van der Waals surface area contributed by atoms with Crippen LogP contribution in [0.4, 0.5) is 0 Å². The topological polar surface area (TPSA) is 54.4 Å². The number of aromatic nitrogens is 1. The molecule has 0 aliphatic heterocycles. The summed E-state index contributed by atoms with van der Waals surface area (Å²) in [7, 11) is 0. The highest BCUT2D eigenvalue weighted by Crippen LogP contribution is 2.20. The number of aryl methyl sites for hydroxylation is 1. The smallest absolute Gasteiger partial charge is 0.138 e. The zero-order valence-corrected chi connectivity index (χ0v) is 12.4. The van der Waals surface area contributed by atoms with Crippen LogP contribution in [0.15, 0.2) is 12.1 Å². The van der Waals surface area contributed by atoms with E-state index in [0.29, 0.717) is 12.6 Å². The number of ether oxygens (including phenoxy) is 1. The Balaban J connectivity index is 1.56. The molecular formula is C16H26N2O2. The highest BCUT2D eigenvalue weighted by molar-refractivity contribution is 5.27. The lowest BCUT2D eigenvalue weighted by Crippen LogP contribution is -2.21. The van der Waals surface area contributed by atoms with E-state index in [0.717, 1.165) is 31.0 Å². The SMILES string of the molecule is Cc1ccc(O)c(CNCCCOC2CCCCC2)n1. The van der Waals surface area contributed by atoms with E-state index in [1.165, 1.54) is 32.1 Å². The molecule has 1 fully saturated rings. The fraction of sp³-hybridized carbons (Fsp3) is 0.688. The van der Waals surface area contributed by atoms with E-state index >= 15 is 0 Å². The summed E-state index contributed by atoms with van der Waals surface area (Å²) in [5.74, 6) is 0.265. The van der Waals surface area contributed by atoms with Gasteiger partial charge in [0.2, 0.25) is 0 Å². The highest BCUT2D eigenvalue weighted by Gasteiger charge is 2.12. The molecule has 1 aliphatic carbocycles. The van der Waals surface area contributed by atoms with Gasteiger partial charge in [0.15, 0.2) is 0 Å². The Labute approximate surface area is 121 Å². The van der Waals surface area contributed by atoms with Crippen LogP contribution in [0.3, 0.4) is 0 Å². The Hall–Kier alpha value is -1.13. The van der Waals surface area contributed by atoms with E-state index < -0.39 is 0 Å². The second-order valence-corrected chi connectivity index (χ2v) is 5.58. The van der Waals surface area contributed by atoms with Crippen LogP contribution in [0.1, 0.15) is 49.9 Å². The van der Waals surface area contributed by atoms with Crippen molar-refractivity contribution in [3.05, 3.63) is 23.5 Å². The Morgan fingerprint density at radius 2 is 2.10 bits per heavy atom. The lowest BCUT2D eigenvalue weighted by atomic mass is 9.98. The van der Waals surface area contributed by atoms with Crippen molar-refractivity contribution < 1.29 is 9.84 Å². The van der Waals surface area contributed by atoms with Gasteiger partial charge in [-0.1, -0.05) is 19.3 Å². The minimum Gasteiger partial charge on any atom is -0.506 e. The van der Waals surface area contributed by atoms with Gasteiger partial charge in [0.1, 0.15) is 5.75 Å². The third kappa shape index (κ3) is 5.10. The maximum absolute atomic E-state index is 9.68. The van der Waals surface area contributed by atoms with E-state index in [-0.39, 0.29) is 5.75 Å². The number of hydrogen-bond donors (Lipinski definition) is 2. The first-order valence-corrected chi connectivity index (χ1v) is 7.73. The molecule has 1 heterocycles. The number of nitrogens with zero attached hydrogens (tertiary/aromatic N) is 1. The fourth-order valence-electron chi connectivity index (χ4n) is 2.62. The molecule has 2 N–H and O–H groups in total. The van der Waals surface area contributed by atoms with Crippen LogP contribution in [0.2, 0.25) is 0 Å². The molecule has 0 aromatic carbocycles. The van der Waals surface area contributed by atoms with Crippen LogP contribution in [-0.4, -0.2) is 29.3 Å². The number of aromatic hydroxyl groups is 1. The normalized spacial score (nSPS) is 16.4. The highest BCUT2D eigenvalue weighted by atomic mass is 16.5. The first kappa shape index (κ1) is 15.3. The summed E-state index contributed by atoms with van der Waals surface area (Å²) >= 11 is 0. The Bertz CT molecular complexity index is 403. The quantitative estimate of drug-likeness (QED) is 0.753. The molecule has 112 valence electrons. The Kier molecular flexibility index (Phi) is 6.27. The predicted octanol–water partition coefficient (Wildman–Crippen LogP) is 2.92. The van der Waals surface area contributed by atoms with Crippen molar-refractivity contribution >= 4 is 0 Å². The van der Waals surface area contributed by atoms with Gasteiger partial charge in [0, 0.05) is 18.8 Å². The summed E-state index contributed by atoms with van der Waals surface area (Å²) in [5, 5.41) is 13.0. The molecule has 20 heavy (non-hydrogen) atoms. The minimum absolute atomic E-state index is 0.265. The third-order valence-electron chi connectivity index (χ3n) is 3.79. The molecule has 1 aromatic rings. The van der Waals surface area contributed by atoms with Gasteiger partial charge in [0.25, 0.3) is 0 Å². The van der Waals surface area contributed by atoms with Crippen LogP contribution < -0.4 is 5.32 Å². The standard InChI is InChI=1S/C16H26N2O2/c1-13-8-9-16(19)15(18-13)12-17-10-5-11-20-14-6-3-2-4-7-14/h8-9,14,17,19H,2-7,10-12H2,1H3. The van der Waals surface area contributed by atoms with Crippen LogP contribution in [-0.2, 0) is 11.3 Å². The largest absolute Gasteiger partial charge is 0.506 e. The van der Waals surface area contributed by atoms with Crippen molar-refractivity contribution in [3.63, 3.8) is 0 Å². The molecule has 2 rings (SSSR count). The lowest BCUT2D eigenvalue weighted by Gasteiger charge is -2.21. The van der Waals surface area contributed by atoms with Gasteiger partial charge in [-0.3, -0.25) is 4.98 Å². The van der Waals surface area contributed by atoms with Gasteiger partial charge in [-0.25, -0.2) is 0 Å². The molecule has 0 amide bonds. The van der Waals surface area contributed by atoms with Crippen molar-refractivity contribution in [2.24, 2.45) is 0 Å². The van der Waals surface area contributed by atoms with Crippen molar-refractivity contribution in [1.82, 2.24) is 10.3 Å². The average Bonchev–Trinajstić information content (AvgIpc) is 2.47. The molecule has 0 spiro atoms. The van der Waals surface area contributed by atoms with Crippen molar-refractivity contribution in [3.8, 4) is 5.75 Å². The van der Waals surface area contributed by atoms with E-state index in [1.54, 1.807) is 6.07 Å². The van der Waals surface area contributed by atoms with E-state index in [1.807, 2.05) is 13.0 Å². The minimum atomic E-state index is 0.265. The number of nitrogens with one attached hydrogen (secondary N) is 1. The van der Waals surface area contributed by atoms with Gasteiger partial charge in [-0.15, -0.1) is 0 Å². The molecule has 0 radical (unpaired) electrons. The zero-order chi connectivity index (χ0) is 14.2. The Morgan fingerprint density at radius 3 is 2.90 bits per heavy atom. The third-order valence-corrected chi connectivity index (χ3v) is 3.79. The maximum Gasteiger partial charge on any atom is 0.138 e. The molecular weight excluding hydrogens is 252 g/mol. The summed E-state index contributed by atoms with van der Waals surface area (Å²) in [6, 6.07) is 3.52. The summed E-state index contributed by atoms with van der Waals surface area (Å²) in [4.78, 5) is 4.32. The van der Waals surface area contributed by atoms with Gasteiger partial charge >= 0.3 is 0 Å². The molecule has 0 unspecified atom stereocenters. The zero-order valence-electron chi connectivity index (χ0n) is 12.4. The van der Waals surface area contributed by atoms with Crippen LogP contribution in [0.25, 0.3) is 0 Å². The van der Waals surface area contributed by atoms with Crippen LogP contribution in [0, 0.1) is 6.92 Å². The Morgan fingerprint density at radius 1 is 1.30 bits per heavy atom. The molecule has 1 aromatic heterocycles. The predicted molar refractivity (Wildman–Crippen MR) is 79.8 cm³/mol. The number of rotatable bonds is 7. The molecule has 0 bridgehead atoms. The number of pyridine rings is 1. The molecule has 4 heteroatoms. The molecule has 0 saturated heterocycles. The van der Waals surface area contributed by atoms with Crippen LogP contribution in [0.5, 0.6) is 5.75 Å². The fourth-order valence-corrected chi connectivity index (χ4v) is 2.62. The summed E-state index contributed by atoms with van der Waals surface area (Å²) < 4.78 is 5.87. The molecule has 1 saturated carbocycles. The maximum atomic E-state index is 9.68. The molecule has 0 atom stereocenters.